The molecule has 0 amide bonds. The highest BCUT2D eigenvalue weighted by atomic mass is 35.5. The Morgan fingerprint density at radius 3 is 2.68 bits per heavy atom. The standard InChI is InChI=1S/C13H12O5.ClH/c1-3-17-12(14)9-5-4-8-6-11(16-2)13(15)18-10(8)7-9;/h4-7H,3H2,1-2H3;1H. The highest BCUT2D eigenvalue weighted by molar-refractivity contribution is 5.93. The predicted molar refractivity (Wildman–Crippen MR) is 72.2 cm³/mol. The summed E-state index contributed by atoms with van der Waals surface area (Å²) < 4.78 is 14.8. The molecule has 0 aliphatic carbocycles. The van der Waals surface area contributed by atoms with Crippen molar-refractivity contribution >= 4 is 29.3 Å². The summed E-state index contributed by atoms with van der Waals surface area (Å²) in [5.41, 5.74) is 0.0926. The average molecular weight is 285 g/mol. The molecule has 2 rings (SSSR count). The largest absolute Gasteiger partial charge is 0.490 e. The van der Waals surface area contributed by atoms with Crippen molar-refractivity contribution in [2.24, 2.45) is 0 Å². The van der Waals surface area contributed by atoms with Crippen LogP contribution >= 0.6 is 12.4 Å². The normalized spacial score (nSPS) is 9.79. The van der Waals surface area contributed by atoms with Crippen LogP contribution < -0.4 is 10.4 Å². The van der Waals surface area contributed by atoms with Crippen molar-refractivity contribution in [1.82, 2.24) is 0 Å². The zero-order valence-electron chi connectivity index (χ0n) is 10.5. The number of halogens is 1. The minimum atomic E-state index is -0.578. The third kappa shape index (κ3) is 3.06. The summed E-state index contributed by atoms with van der Waals surface area (Å²) in [5.74, 6) is -0.316. The second kappa shape index (κ2) is 6.24. The summed E-state index contributed by atoms with van der Waals surface area (Å²) in [6, 6.07) is 6.33. The molecule has 2 aromatic rings. The minimum Gasteiger partial charge on any atom is -0.490 e. The lowest BCUT2D eigenvalue weighted by Gasteiger charge is -2.04. The lowest BCUT2D eigenvalue weighted by atomic mass is 10.1. The molecule has 1 aromatic carbocycles. The lowest BCUT2D eigenvalue weighted by molar-refractivity contribution is 0.0526. The van der Waals surface area contributed by atoms with Crippen molar-refractivity contribution in [3.63, 3.8) is 0 Å². The number of hydrogen-bond donors (Lipinski definition) is 0. The number of carbonyl (C=O) groups excluding carboxylic acids is 1. The van der Waals surface area contributed by atoms with E-state index >= 15 is 0 Å². The second-order valence-electron chi connectivity index (χ2n) is 3.58. The SMILES string of the molecule is CCOC(=O)c1ccc2cc(OC)c(=O)oc2c1.Cl. The van der Waals surface area contributed by atoms with E-state index in [0.29, 0.717) is 23.1 Å². The first-order valence-corrected chi connectivity index (χ1v) is 5.44. The maximum atomic E-state index is 11.5. The molecule has 5 nitrogen and oxygen atoms in total. The van der Waals surface area contributed by atoms with Gasteiger partial charge in [0.25, 0.3) is 0 Å². The van der Waals surface area contributed by atoms with E-state index in [9.17, 15) is 9.59 Å². The van der Waals surface area contributed by atoms with Gasteiger partial charge in [-0.1, -0.05) is 6.07 Å². The van der Waals surface area contributed by atoms with E-state index in [2.05, 4.69) is 0 Å². The topological polar surface area (TPSA) is 65.7 Å². The number of esters is 1. The summed E-state index contributed by atoms with van der Waals surface area (Å²) in [4.78, 5) is 23.0. The molecule has 0 N–H and O–H groups in total. The fourth-order valence-corrected chi connectivity index (χ4v) is 1.58. The third-order valence-corrected chi connectivity index (χ3v) is 2.44. The number of hydrogen-bond acceptors (Lipinski definition) is 5. The van der Waals surface area contributed by atoms with Crippen LogP contribution in [0.25, 0.3) is 11.0 Å². The molecule has 102 valence electrons. The van der Waals surface area contributed by atoms with Gasteiger partial charge >= 0.3 is 11.6 Å². The van der Waals surface area contributed by atoms with Crippen molar-refractivity contribution in [3.8, 4) is 5.75 Å². The molecule has 0 radical (unpaired) electrons. The fraction of sp³-hybridized carbons (Fsp3) is 0.231. The van der Waals surface area contributed by atoms with Crippen LogP contribution in [0, 0.1) is 0 Å². The first kappa shape index (κ1) is 15.0. The van der Waals surface area contributed by atoms with Crippen LogP contribution in [0.2, 0.25) is 0 Å². The number of methoxy groups -OCH3 is 1. The fourth-order valence-electron chi connectivity index (χ4n) is 1.58. The van der Waals surface area contributed by atoms with Gasteiger partial charge < -0.3 is 13.9 Å². The second-order valence-corrected chi connectivity index (χ2v) is 3.58. The molecule has 0 aliphatic rings. The van der Waals surface area contributed by atoms with Gasteiger partial charge in [-0.15, -0.1) is 12.4 Å². The quantitative estimate of drug-likeness (QED) is 0.639. The number of benzene rings is 1. The van der Waals surface area contributed by atoms with Gasteiger partial charge in [0.2, 0.25) is 5.75 Å². The van der Waals surface area contributed by atoms with Crippen LogP contribution in [0.5, 0.6) is 5.75 Å². The van der Waals surface area contributed by atoms with Gasteiger partial charge in [-0.3, -0.25) is 0 Å². The van der Waals surface area contributed by atoms with Gasteiger partial charge in [-0.2, -0.15) is 0 Å². The maximum absolute atomic E-state index is 11.5. The van der Waals surface area contributed by atoms with Crippen molar-refractivity contribution in [2.75, 3.05) is 13.7 Å². The number of fused-ring (bicyclic) bond motifs is 1. The van der Waals surface area contributed by atoms with E-state index in [0.717, 1.165) is 0 Å². The summed E-state index contributed by atoms with van der Waals surface area (Å²) in [6.45, 7) is 2.02. The molecule has 0 saturated carbocycles. The van der Waals surface area contributed by atoms with Crippen LogP contribution in [0.1, 0.15) is 17.3 Å². The van der Waals surface area contributed by atoms with E-state index in [1.165, 1.54) is 13.2 Å². The molecular formula is C13H13ClO5. The van der Waals surface area contributed by atoms with E-state index < -0.39 is 11.6 Å². The molecule has 0 atom stereocenters. The monoisotopic (exact) mass is 284 g/mol. The molecule has 0 fully saturated rings. The van der Waals surface area contributed by atoms with Crippen LogP contribution in [-0.2, 0) is 4.74 Å². The molecule has 1 aromatic heterocycles. The van der Waals surface area contributed by atoms with E-state index in [1.807, 2.05) is 0 Å². The summed E-state index contributed by atoms with van der Waals surface area (Å²) in [7, 11) is 1.39. The van der Waals surface area contributed by atoms with Gasteiger partial charge in [0.15, 0.2) is 0 Å². The van der Waals surface area contributed by atoms with Crippen molar-refractivity contribution in [1.29, 1.82) is 0 Å². The van der Waals surface area contributed by atoms with Crippen molar-refractivity contribution in [3.05, 3.63) is 40.2 Å². The molecule has 0 spiro atoms. The first-order valence-electron chi connectivity index (χ1n) is 5.44. The Bertz CT molecular complexity index is 647. The number of ether oxygens (including phenoxy) is 2. The predicted octanol–water partition coefficient (Wildman–Crippen LogP) is 2.40. The van der Waals surface area contributed by atoms with E-state index in [4.69, 9.17) is 13.9 Å². The molecular weight excluding hydrogens is 272 g/mol. The van der Waals surface area contributed by atoms with Gasteiger partial charge in [0.1, 0.15) is 5.58 Å². The Balaban J connectivity index is 0.00000180. The molecule has 0 aliphatic heterocycles. The maximum Gasteiger partial charge on any atom is 0.379 e. The summed E-state index contributed by atoms with van der Waals surface area (Å²) >= 11 is 0. The highest BCUT2D eigenvalue weighted by Crippen LogP contribution is 2.18. The lowest BCUT2D eigenvalue weighted by Crippen LogP contribution is -2.06. The third-order valence-electron chi connectivity index (χ3n) is 2.44. The highest BCUT2D eigenvalue weighted by Gasteiger charge is 2.10. The molecule has 0 saturated heterocycles. The van der Waals surface area contributed by atoms with Gasteiger partial charge in [0, 0.05) is 5.39 Å². The minimum absolute atomic E-state index is 0. The Kier molecular flexibility index (Phi) is 4.94. The van der Waals surface area contributed by atoms with Crippen molar-refractivity contribution < 1.29 is 18.7 Å². The summed E-state index contributed by atoms with van der Waals surface area (Å²) in [5, 5.41) is 0.680. The average Bonchev–Trinajstić information content (AvgIpc) is 2.37. The van der Waals surface area contributed by atoms with Crippen LogP contribution in [0.3, 0.4) is 0 Å². The molecule has 0 unspecified atom stereocenters. The number of rotatable bonds is 3. The van der Waals surface area contributed by atoms with Crippen LogP contribution in [0.4, 0.5) is 0 Å². The zero-order valence-corrected chi connectivity index (χ0v) is 11.3. The number of carbonyl (C=O) groups is 1. The Labute approximate surface area is 115 Å². The van der Waals surface area contributed by atoms with Crippen LogP contribution in [-0.4, -0.2) is 19.7 Å². The Morgan fingerprint density at radius 1 is 1.32 bits per heavy atom. The van der Waals surface area contributed by atoms with Gasteiger partial charge in [0.05, 0.1) is 19.3 Å². The Hall–Kier alpha value is -2.01. The molecule has 6 heteroatoms. The summed E-state index contributed by atoms with van der Waals surface area (Å²) in [6.07, 6.45) is 0. The van der Waals surface area contributed by atoms with Crippen LogP contribution in [0.15, 0.2) is 33.5 Å². The molecule has 0 bridgehead atoms. The van der Waals surface area contributed by atoms with Crippen molar-refractivity contribution in [2.45, 2.75) is 6.92 Å². The molecule has 19 heavy (non-hydrogen) atoms. The van der Waals surface area contributed by atoms with E-state index in [-0.39, 0.29) is 18.2 Å². The Morgan fingerprint density at radius 2 is 2.05 bits per heavy atom. The molecule has 1 heterocycles. The van der Waals surface area contributed by atoms with Gasteiger partial charge in [-0.25, -0.2) is 9.59 Å². The van der Waals surface area contributed by atoms with E-state index in [1.54, 1.807) is 25.1 Å². The van der Waals surface area contributed by atoms with Gasteiger partial charge in [-0.05, 0) is 25.1 Å². The first-order chi connectivity index (χ1) is 8.65. The zero-order chi connectivity index (χ0) is 13.1. The smallest absolute Gasteiger partial charge is 0.379 e.